The van der Waals surface area contributed by atoms with Gasteiger partial charge in [0.15, 0.2) is 0 Å². The van der Waals surface area contributed by atoms with Gasteiger partial charge in [0, 0.05) is 19.6 Å². The Labute approximate surface area is 173 Å². The highest BCUT2D eigenvalue weighted by molar-refractivity contribution is 5.85. The van der Waals surface area contributed by atoms with E-state index in [-0.39, 0.29) is 17.5 Å². The molecule has 1 N–H and O–H groups in total. The molecule has 0 aliphatic carbocycles. The van der Waals surface area contributed by atoms with Gasteiger partial charge in [-0.1, -0.05) is 24.3 Å². The summed E-state index contributed by atoms with van der Waals surface area (Å²) in [7, 11) is 0. The van der Waals surface area contributed by atoms with E-state index in [0.29, 0.717) is 32.5 Å². The predicted octanol–water partition coefficient (Wildman–Crippen LogP) is 4.44. The van der Waals surface area contributed by atoms with Crippen molar-refractivity contribution < 1.29 is 23.5 Å². The molecule has 5 nitrogen and oxygen atoms in total. The summed E-state index contributed by atoms with van der Waals surface area (Å²) >= 11 is 0. The van der Waals surface area contributed by atoms with Gasteiger partial charge in [-0.25, -0.2) is 13.6 Å². The average Bonchev–Trinajstić information content (AvgIpc) is 2.74. The molecular weight excluding hydrogens is 390 g/mol. The van der Waals surface area contributed by atoms with Gasteiger partial charge < -0.3 is 14.9 Å². The van der Waals surface area contributed by atoms with Crippen LogP contribution in [0.2, 0.25) is 0 Å². The third kappa shape index (κ3) is 3.76. The van der Waals surface area contributed by atoms with E-state index in [2.05, 4.69) is 0 Å². The highest BCUT2D eigenvalue weighted by atomic mass is 19.1. The van der Waals surface area contributed by atoms with Gasteiger partial charge in [0.2, 0.25) is 5.91 Å². The van der Waals surface area contributed by atoms with Crippen LogP contribution >= 0.6 is 0 Å². The third-order valence-electron chi connectivity index (χ3n) is 6.44. The summed E-state index contributed by atoms with van der Waals surface area (Å²) in [6.45, 7) is 1.22. The molecule has 0 unspecified atom stereocenters. The van der Waals surface area contributed by atoms with E-state index in [4.69, 9.17) is 0 Å². The SMILES string of the molecule is O=C(O)N1CCC2(CCCN(C(c3ccc(F)cc3)c3ccc(F)cc3)C2=O)CC1. The van der Waals surface area contributed by atoms with Crippen LogP contribution in [0.25, 0.3) is 0 Å². The standard InChI is InChI=1S/C23H24F2N2O3/c24-18-6-2-16(3-7-18)20(17-4-8-19(25)9-5-17)27-13-1-10-23(21(27)28)11-14-26(15-12-23)22(29)30/h2-9,20H,1,10-15H2,(H,29,30). The second kappa shape index (κ2) is 8.05. The van der Waals surface area contributed by atoms with E-state index in [0.717, 1.165) is 24.0 Å². The van der Waals surface area contributed by atoms with Crippen LogP contribution in [-0.4, -0.2) is 46.5 Å². The molecule has 0 aromatic heterocycles. The van der Waals surface area contributed by atoms with Crippen molar-refractivity contribution in [3.63, 3.8) is 0 Å². The second-order valence-electron chi connectivity index (χ2n) is 8.16. The Morgan fingerprint density at radius 3 is 1.83 bits per heavy atom. The van der Waals surface area contributed by atoms with Crippen molar-refractivity contribution in [1.29, 1.82) is 0 Å². The molecule has 2 aliphatic heterocycles. The lowest BCUT2D eigenvalue weighted by atomic mass is 9.71. The molecule has 2 amide bonds. The summed E-state index contributed by atoms with van der Waals surface area (Å²) in [6, 6.07) is 11.6. The first-order chi connectivity index (χ1) is 14.4. The van der Waals surface area contributed by atoms with Crippen molar-refractivity contribution in [2.75, 3.05) is 19.6 Å². The summed E-state index contributed by atoms with van der Waals surface area (Å²) in [5, 5.41) is 9.24. The molecule has 7 heteroatoms. The van der Waals surface area contributed by atoms with Gasteiger partial charge >= 0.3 is 6.09 Å². The van der Waals surface area contributed by atoms with E-state index in [1.54, 1.807) is 29.2 Å². The number of carbonyl (C=O) groups is 2. The van der Waals surface area contributed by atoms with Gasteiger partial charge in [0.1, 0.15) is 11.6 Å². The summed E-state index contributed by atoms with van der Waals surface area (Å²) < 4.78 is 27.1. The van der Waals surface area contributed by atoms with Crippen LogP contribution in [-0.2, 0) is 4.79 Å². The van der Waals surface area contributed by atoms with Gasteiger partial charge in [-0.05, 0) is 61.1 Å². The molecule has 0 bridgehead atoms. The van der Waals surface area contributed by atoms with Gasteiger partial charge in [0.05, 0.1) is 11.5 Å². The highest BCUT2D eigenvalue weighted by Gasteiger charge is 2.48. The molecule has 2 saturated heterocycles. The van der Waals surface area contributed by atoms with Crippen molar-refractivity contribution >= 4 is 12.0 Å². The molecule has 2 heterocycles. The summed E-state index contributed by atoms with van der Waals surface area (Å²) in [5.41, 5.74) is 0.940. The summed E-state index contributed by atoms with van der Waals surface area (Å²) in [6.07, 6.45) is 1.57. The zero-order valence-corrected chi connectivity index (χ0v) is 16.6. The molecule has 0 saturated carbocycles. The fourth-order valence-electron chi connectivity index (χ4n) is 4.78. The molecule has 2 aromatic carbocycles. The number of carboxylic acid groups (broad SMARTS) is 1. The lowest BCUT2D eigenvalue weighted by Crippen LogP contribution is -2.55. The predicted molar refractivity (Wildman–Crippen MR) is 107 cm³/mol. The number of benzene rings is 2. The van der Waals surface area contributed by atoms with E-state index in [1.807, 2.05) is 0 Å². The van der Waals surface area contributed by atoms with Crippen LogP contribution in [0.15, 0.2) is 48.5 Å². The van der Waals surface area contributed by atoms with Crippen LogP contribution < -0.4 is 0 Å². The van der Waals surface area contributed by atoms with Crippen LogP contribution in [0, 0.1) is 17.0 Å². The zero-order chi connectivity index (χ0) is 21.3. The van der Waals surface area contributed by atoms with Crippen LogP contribution in [0.4, 0.5) is 13.6 Å². The quantitative estimate of drug-likeness (QED) is 0.808. The monoisotopic (exact) mass is 414 g/mol. The Morgan fingerprint density at radius 2 is 1.37 bits per heavy atom. The van der Waals surface area contributed by atoms with Crippen LogP contribution in [0.3, 0.4) is 0 Å². The Balaban J connectivity index is 1.68. The minimum absolute atomic E-state index is 0.00237. The Kier molecular flexibility index (Phi) is 5.45. The number of piperidine rings is 2. The first-order valence-electron chi connectivity index (χ1n) is 10.2. The van der Waals surface area contributed by atoms with E-state index < -0.39 is 17.6 Å². The van der Waals surface area contributed by atoms with Crippen molar-refractivity contribution in [3.8, 4) is 0 Å². The molecule has 2 aromatic rings. The molecule has 30 heavy (non-hydrogen) atoms. The smallest absolute Gasteiger partial charge is 0.407 e. The number of halogens is 2. The molecule has 0 atom stereocenters. The number of hydrogen-bond acceptors (Lipinski definition) is 2. The normalized spacial score (nSPS) is 18.8. The number of carbonyl (C=O) groups excluding carboxylic acids is 1. The minimum atomic E-state index is -0.958. The zero-order valence-electron chi connectivity index (χ0n) is 16.6. The topological polar surface area (TPSA) is 60.9 Å². The van der Waals surface area contributed by atoms with Gasteiger partial charge in [-0.2, -0.15) is 0 Å². The van der Waals surface area contributed by atoms with Crippen LogP contribution in [0.1, 0.15) is 42.9 Å². The molecule has 4 rings (SSSR count). The molecule has 158 valence electrons. The summed E-state index contributed by atoms with van der Waals surface area (Å²) in [5.74, 6) is -0.726. The second-order valence-corrected chi connectivity index (χ2v) is 8.16. The lowest BCUT2D eigenvalue weighted by Gasteiger charge is -2.48. The maximum atomic E-state index is 13.7. The molecule has 0 radical (unpaired) electrons. The van der Waals surface area contributed by atoms with Crippen molar-refractivity contribution in [2.24, 2.45) is 5.41 Å². The van der Waals surface area contributed by atoms with Crippen LogP contribution in [0.5, 0.6) is 0 Å². The van der Waals surface area contributed by atoms with E-state index in [1.165, 1.54) is 29.2 Å². The van der Waals surface area contributed by atoms with Crippen molar-refractivity contribution in [3.05, 3.63) is 71.3 Å². The first kappa shape index (κ1) is 20.3. The van der Waals surface area contributed by atoms with E-state index >= 15 is 0 Å². The number of nitrogens with zero attached hydrogens (tertiary/aromatic N) is 2. The van der Waals surface area contributed by atoms with E-state index in [9.17, 15) is 23.5 Å². The number of rotatable bonds is 3. The Bertz CT molecular complexity index is 877. The van der Waals surface area contributed by atoms with Gasteiger partial charge in [-0.15, -0.1) is 0 Å². The number of hydrogen-bond donors (Lipinski definition) is 1. The minimum Gasteiger partial charge on any atom is -0.465 e. The fourth-order valence-corrected chi connectivity index (χ4v) is 4.78. The highest BCUT2D eigenvalue weighted by Crippen LogP contribution is 2.44. The number of amides is 2. The molecule has 2 aliphatic rings. The molecule has 2 fully saturated rings. The fraction of sp³-hybridized carbons (Fsp3) is 0.391. The maximum Gasteiger partial charge on any atom is 0.407 e. The Hall–Kier alpha value is -2.96. The largest absolute Gasteiger partial charge is 0.465 e. The number of likely N-dealkylation sites (tertiary alicyclic amines) is 2. The first-order valence-corrected chi connectivity index (χ1v) is 10.2. The summed E-state index contributed by atoms with van der Waals surface area (Å²) in [4.78, 5) is 28.1. The van der Waals surface area contributed by atoms with Gasteiger partial charge in [-0.3, -0.25) is 4.79 Å². The lowest BCUT2D eigenvalue weighted by molar-refractivity contribution is -0.151. The molecule has 1 spiro atoms. The third-order valence-corrected chi connectivity index (χ3v) is 6.44. The average molecular weight is 414 g/mol. The maximum absolute atomic E-state index is 13.7. The molecular formula is C23H24F2N2O3. The van der Waals surface area contributed by atoms with Gasteiger partial charge in [0.25, 0.3) is 0 Å². The van der Waals surface area contributed by atoms with Crippen molar-refractivity contribution in [2.45, 2.75) is 31.7 Å². The van der Waals surface area contributed by atoms with Crippen molar-refractivity contribution in [1.82, 2.24) is 9.80 Å². The Morgan fingerprint density at radius 1 is 0.867 bits per heavy atom.